The van der Waals surface area contributed by atoms with E-state index in [2.05, 4.69) is 10.6 Å². The monoisotopic (exact) mass is 783 g/mol. The van der Waals surface area contributed by atoms with Crippen LogP contribution in [0.4, 0.5) is 22.8 Å². The van der Waals surface area contributed by atoms with Crippen molar-refractivity contribution in [3.8, 4) is 23.0 Å². The number of carbonyl (C=O) groups excluding carboxylic acids is 4. The molecule has 3 aliphatic rings. The molecule has 56 heavy (non-hydrogen) atoms. The lowest BCUT2D eigenvalue weighted by Crippen LogP contribution is -2.55. The van der Waals surface area contributed by atoms with E-state index in [4.69, 9.17) is 4.65 Å². The number of likely N-dealkylation sites (tertiary alicyclic amines) is 1. The van der Waals surface area contributed by atoms with Crippen LogP contribution < -0.4 is 15.3 Å². The third-order valence-corrected chi connectivity index (χ3v) is 10.3. The molecule has 296 valence electrons. The summed E-state index contributed by atoms with van der Waals surface area (Å²) in [6.45, 7) is 1.82. The van der Waals surface area contributed by atoms with Crippen LogP contribution in [0.1, 0.15) is 56.7 Å². The highest BCUT2D eigenvalue weighted by atomic mass is 19.1. The normalized spacial score (nSPS) is 17.7. The molecule has 20 heteroatoms. The number of phenols is 3. The minimum atomic E-state index is -1.80. The maximum atomic E-state index is 14.5. The molecule has 2 saturated heterocycles. The Kier molecular flexibility index (Phi) is 11.2. The number of nitrogens with one attached hydrogen (secondary N) is 2. The van der Waals surface area contributed by atoms with Crippen LogP contribution in [0.25, 0.3) is 0 Å². The molecule has 1 unspecified atom stereocenters. The number of amides is 6. The summed E-state index contributed by atoms with van der Waals surface area (Å²) in [7, 11) is -1.80. The van der Waals surface area contributed by atoms with Crippen LogP contribution in [0.2, 0.25) is 0 Å². The van der Waals surface area contributed by atoms with Gasteiger partial charge in [0.05, 0.1) is 11.5 Å². The summed E-state index contributed by atoms with van der Waals surface area (Å²) < 4.78 is 48.4. The van der Waals surface area contributed by atoms with Gasteiger partial charge in [0.2, 0.25) is 5.91 Å². The number of aromatic carboxylic acids is 1. The minimum absolute atomic E-state index is 0.0468. The van der Waals surface area contributed by atoms with Gasteiger partial charge >= 0.3 is 25.1 Å². The summed E-state index contributed by atoms with van der Waals surface area (Å²) in [5.74, 6) is -10.2. The van der Waals surface area contributed by atoms with Crippen molar-refractivity contribution < 1.29 is 67.2 Å². The number of aromatic hydroxyl groups is 3. The molecule has 0 bridgehead atoms. The average Bonchev–Trinajstić information content (AvgIpc) is 3.55. The predicted octanol–water partition coefficient (Wildman–Crippen LogP) is 2.42. The highest BCUT2D eigenvalue weighted by Crippen LogP contribution is 2.35. The second kappa shape index (κ2) is 15.9. The average molecular weight is 784 g/mol. The Balaban J connectivity index is 1.12. The Bertz CT molecular complexity index is 2100. The highest BCUT2D eigenvalue weighted by molar-refractivity contribution is 6.47. The summed E-state index contributed by atoms with van der Waals surface area (Å²) in [5.41, 5.74) is -0.722. The first-order chi connectivity index (χ1) is 26.5. The lowest BCUT2D eigenvalue weighted by molar-refractivity contribution is -0.122. The molecule has 6 rings (SSSR count). The van der Waals surface area contributed by atoms with Gasteiger partial charge in [0.25, 0.3) is 5.91 Å². The Morgan fingerprint density at radius 1 is 0.982 bits per heavy atom. The second-order valence-electron chi connectivity index (χ2n) is 13.8. The van der Waals surface area contributed by atoms with Crippen molar-refractivity contribution in [1.29, 1.82) is 0 Å². The Labute approximate surface area is 317 Å². The smallest absolute Gasteiger partial charge is 0.534 e. The van der Waals surface area contributed by atoms with Gasteiger partial charge in [-0.2, -0.15) is 0 Å². The Hall–Kier alpha value is -6.18. The van der Waals surface area contributed by atoms with Crippen LogP contribution in [-0.2, 0) is 17.6 Å². The molecule has 7 N–H and O–H groups in total. The van der Waals surface area contributed by atoms with E-state index in [1.807, 2.05) is 0 Å². The van der Waals surface area contributed by atoms with Crippen molar-refractivity contribution in [2.45, 2.75) is 57.1 Å². The molecule has 0 aliphatic carbocycles. The van der Waals surface area contributed by atoms with Gasteiger partial charge in [-0.1, -0.05) is 12.1 Å². The van der Waals surface area contributed by atoms with Gasteiger partial charge in [0.15, 0.2) is 28.9 Å². The van der Waals surface area contributed by atoms with Crippen molar-refractivity contribution in [3.63, 3.8) is 0 Å². The van der Waals surface area contributed by atoms with E-state index in [1.54, 1.807) is 0 Å². The number of nitrogens with zero attached hydrogens (tertiary/aromatic N) is 3. The summed E-state index contributed by atoms with van der Waals surface area (Å²) in [4.78, 5) is 68.9. The van der Waals surface area contributed by atoms with Gasteiger partial charge < -0.3 is 50.5 Å². The summed E-state index contributed by atoms with van der Waals surface area (Å²) in [6.07, 6.45) is -0.319. The number of fused-ring (bicyclic) bond motifs is 1. The van der Waals surface area contributed by atoms with Crippen LogP contribution in [0.15, 0.2) is 36.4 Å². The van der Waals surface area contributed by atoms with E-state index in [0.717, 1.165) is 23.1 Å². The van der Waals surface area contributed by atoms with E-state index in [9.17, 15) is 62.6 Å². The molecule has 3 aromatic rings. The summed E-state index contributed by atoms with van der Waals surface area (Å²) in [6, 6.07) is 3.72. The number of hydrogen-bond acceptors (Lipinski definition) is 10. The summed E-state index contributed by atoms with van der Waals surface area (Å²) in [5, 5.41) is 55.0. The van der Waals surface area contributed by atoms with Gasteiger partial charge in [0.1, 0.15) is 17.1 Å². The fraction of sp³-hybridized carbons (Fsp3) is 0.361. The van der Waals surface area contributed by atoms with Crippen LogP contribution in [0.5, 0.6) is 23.0 Å². The highest BCUT2D eigenvalue weighted by Gasteiger charge is 2.41. The molecule has 3 aromatic carbocycles. The lowest BCUT2D eigenvalue weighted by atomic mass is 9.72. The maximum Gasteiger partial charge on any atom is 0.547 e. The molecule has 3 aliphatic heterocycles. The Morgan fingerprint density at radius 3 is 2.39 bits per heavy atom. The zero-order valence-corrected chi connectivity index (χ0v) is 29.8. The van der Waals surface area contributed by atoms with Gasteiger partial charge in [-0.3, -0.25) is 9.59 Å². The molecule has 6 amide bonds. The number of rotatable bonds is 9. The molecular formula is C36H37BF3N5O11. The van der Waals surface area contributed by atoms with Crippen LogP contribution >= 0.6 is 0 Å². The number of carboxylic acids is 1. The number of halogens is 3. The molecule has 2 atom stereocenters. The quantitative estimate of drug-likeness (QED) is 0.123. The van der Waals surface area contributed by atoms with Gasteiger partial charge in [-0.05, 0) is 73.6 Å². The number of benzene rings is 3. The lowest BCUT2D eigenvalue weighted by Gasteiger charge is -2.36. The number of carboxylic acid groups (broad SMARTS) is 1. The van der Waals surface area contributed by atoms with Crippen molar-refractivity contribution in [2.24, 2.45) is 0 Å². The molecular weight excluding hydrogens is 746 g/mol. The van der Waals surface area contributed by atoms with Gasteiger partial charge in [-0.25, -0.2) is 32.5 Å². The number of piperidine rings is 1. The van der Waals surface area contributed by atoms with E-state index in [-0.39, 0.29) is 67.3 Å². The molecule has 0 radical (unpaired) electrons. The first-order valence-electron chi connectivity index (χ1n) is 17.6. The molecule has 0 saturated carbocycles. The minimum Gasteiger partial charge on any atom is -0.534 e. The molecule has 0 aromatic heterocycles. The SMILES string of the molecule is Cc1c(CC(CC(=O)N[C@H]2Cc3ccc(F)c(C(=O)O)c3OB2O)NC(=O)N2CCN(C3CCN(C(=O)c4cccc(O)c4F)CC3)C2=O)cc(F)c(O)c1O. The van der Waals surface area contributed by atoms with E-state index >= 15 is 0 Å². The molecule has 0 spiro atoms. The fourth-order valence-corrected chi connectivity index (χ4v) is 7.24. The number of phenolic OH excluding ortho intramolecular Hbond substituents is 3. The standard InChI is InChI=1S/C36H37BF3N5O11/c1-17-19(14-24(39)31(49)30(17)48)13-20(16-27(47)42-26-15-18-5-6-23(38)28(34(51)52)32(18)56-37(26)55)41-35(53)45-12-11-44(36(45)54)21-7-9-43(10-8-21)33(50)22-3-2-4-25(46)29(22)40/h2-6,14,20-21,26,46,48-49,55H,7-13,15-16H2,1H3,(H,41,53)(H,42,47)(H,51,52)/t20?,26-/m0/s1. The van der Waals surface area contributed by atoms with Crippen molar-refractivity contribution >= 4 is 37.0 Å². The molecule has 2 fully saturated rings. The number of urea groups is 2. The first-order valence-corrected chi connectivity index (χ1v) is 17.6. The summed E-state index contributed by atoms with van der Waals surface area (Å²) >= 11 is 0. The van der Waals surface area contributed by atoms with Gasteiger partial charge in [0, 0.05) is 44.7 Å². The van der Waals surface area contributed by atoms with Crippen LogP contribution in [0.3, 0.4) is 0 Å². The first kappa shape index (κ1) is 39.5. The van der Waals surface area contributed by atoms with Crippen molar-refractivity contribution in [2.75, 3.05) is 26.2 Å². The van der Waals surface area contributed by atoms with Crippen molar-refractivity contribution in [1.82, 2.24) is 25.3 Å². The van der Waals surface area contributed by atoms with Crippen LogP contribution in [0, 0.1) is 24.4 Å². The maximum absolute atomic E-state index is 14.5. The number of carbonyl (C=O) groups is 5. The largest absolute Gasteiger partial charge is 0.547 e. The third-order valence-electron chi connectivity index (χ3n) is 10.3. The molecule has 16 nitrogen and oxygen atoms in total. The predicted molar refractivity (Wildman–Crippen MR) is 189 cm³/mol. The van der Waals surface area contributed by atoms with Crippen molar-refractivity contribution in [3.05, 3.63) is 81.7 Å². The zero-order valence-electron chi connectivity index (χ0n) is 29.8. The number of hydrogen-bond donors (Lipinski definition) is 7. The van der Waals surface area contributed by atoms with Crippen LogP contribution in [-0.4, -0.2) is 121 Å². The number of imide groups is 1. The van der Waals surface area contributed by atoms with E-state index < -0.39 is 101 Å². The van der Waals surface area contributed by atoms with E-state index in [1.165, 1.54) is 34.9 Å². The fourth-order valence-electron chi connectivity index (χ4n) is 7.24. The second-order valence-corrected chi connectivity index (χ2v) is 13.8. The third kappa shape index (κ3) is 7.82. The van der Waals surface area contributed by atoms with Gasteiger partial charge in [-0.15, -0.1) is 0 Å². The Morgan fingerprint density at radius 2 is 1.70 bits per heavy atom. The molecule has 3 heterocycles. The topological polar surface area (TPSA) is 230 Å². The zero-order chi connectivity index (χ0) is 40.6. The van der Waals surface area contributed by atoms with E-state index in [0.29, 0.717) is 12.8 Å².